The Morgan fingerprint density at radius 3 is 2.81 bits per heavy atom. The van der Waals surface area contributed by atoms with Crippen molar-refractivity contribution in [3.63, 3.8) is 0 Å². The normalized spacial score (nSPS) is 22.2. The van der Waals surface area contributed by atoms with Gasteiger partial charge in [-0.15, -0.1) is 0 Å². The van der Waals surface area contributed by atoms with E-state index in [-0.39, 0.29) is 23.4 Å². The average Bonchev–Trinajstić information content (AvgIpc) is 2.86. The highest BCUT2D eigenvalue weighted by atomic mass is 32.2. The lowest BCUT2D eigenvalue weighted by Crippen LogP contribution is -2.37. The molecule has 2 heterocycles. The first-order valence-electron chi connectivity index (χ1n) is 6.39. The Labute approximate surface area is 123 Å². The summed E-state index contributed by atoms with van der Waals surface area (Å²) in [5.74, 6) is 0.133. The maximum atomic E-state index is 12.0. The zero-order valence-electron chi connectivity index (χ0n) is 11.9. The van der Waals surface area contributed by atoms with Gasteiger partial charge in [0, 0.05) is 32.4 Å². The van der Waals surface area contributed by atoms with Crippen LogP contribution in [0, 0.1) is 17.2 Å². The summed E-state index contributed by atoms with van der Waals surface area (Å²) >= 11 is 0. The quantitative estimate of drug-likeness (QED) is 0.793. The summed E-state index contributed by atoms with van der Waals surface area (Å²) in [7, 11) is -0.302. The first kappa shape index (κ1) is 15.6. The van der Waals surface area contributed by atoms with Crippen LogP contribution in [0.1, 0.15) is 5.69 Å². The zero-order chi connectivity index (χ0) is 15.5. The molecule has 0 aliphatic carbocycles. The maximum Gasteiger partial charge on any atom is 0.214 e. The van der Waals surface area contributed by atoms with Gasteiger partial charge in [-0.3, -0.25) is 0 Å². The molecular weight excluding hydrogens is 294 g/mol. The first-order chi connectivity index (χ1) is 9.94. The van der Waals surface area contributed by atoms with Gasteiger partial charge in [-0.1, -0.05) is 0 Å². The number of nitrogens with one attached hydrogen (secondary N) is 1. The summed E-state index contributed by atoms with van der Waals surface area (Å²) in [4.78, 5) is 7.98. The molecule has 1 aliphatic heterocycles. The van der Waals surface area contributed by atoms with Crippen LogP contribution in [0.3, 0.4) is 0 Å². The van der Waals surface area contributed by atoms with E-state index >= 15 is 0 Å². The van der Waals surface area contributed by atoms with Crippen LogP contribution >= 0.6 is 0 Å². The number of hydrogen-bond donors (Lipinski definition) is 1. The van der Waals surface area contributed by atoms with E-state index in [1.165, 1.54) is 30.8 Å². The fourth-order valence-electron chi connectivity index (χ4n) is 2.04. The summed E-state index contributed by atoms with van der Waals surface area (Å²) in [5.41, 5.74) is 0.179. The summed E-state index contributed by atoms with van der Waals surface area (Å²) in [6.45, 7) is 0.724. The van der Waals surface area contributed by atoms with Crippen LogP contribution in [0.5, 0.6) is 0 Å². The van der Waals surface area contributed by atoms with Crippen molar-refractivity contribution in [3.8, 4) is 6.07 Å². The van der Waals surface area contributed by atoms with E-state index in [4.69, 9.17) is 10.00 Å². The number of hydrogen-bond acceptors (Lipinski definition) is 7. The van der Waals surface area contributed by atoms with Crippen molar-refractivity contribution in [2.45, 2.75) is 6.04 Å². The SMILES string of the molecule is CN(C)S(=O)(=O)C[C@@H]1COC[C@@H]1Nc1nccnc1C#N. The summed E-state index contributed by atoms with van der Waals surface area (Å²) in [5, 5.41) is 12.1. The molecule has 8 nitrogen and oxygen atoms in total. The molecule has 1 fully saturated rings. The van der Waals surface area contributed by atoms with Gasteiger partial charge < -0.3 is 10.1 Å². The van der Waals surface area contributed by atoms with Crippen molar-refractivity contribution < 1.29 is 13.2 Å². The highest BCUT2D eigenvalue weighted by Crippen LogP contribution is 2.21. The smallest absolute Gasteiger partial charge is 0.214 e. The maximum absolute atomic E-state index is 12.0. The number of rotatable bonds is 5. The number of ether oxygens (including phenoxy) is 1. The molecule has 0 radical (unpaired) electrons. The number of anilines is 1. The number of aromatic nitrogens is 2. The number of sulfonamides is 1. The Bertz CT molecular complexity index is 641. The van der Waals surface area contributed by atoms with Crippen LogP contribution in [0.2, 0.25) is 0 Å². The summed E-state index contributed by atoms with van der Waals surface area (Å²) < 4.78 is 30.5. The second-order valence-electron chi connectivity index (χ2n) is 4.97. The average molecular weight is 311 g/mol. The lowest BCUT2D eigenvalue weighted by atomic mass is 10.1. The molecule has 21 heavy (non-hydrogen) atoms. The molecule has 1 aromatic heterocycles. The van der Waals surface area contributed by atoms with Gasteiger partial charge in [-0.2, -0.15) is 5.26 Å². The lowest BCUT2D eigenvalue weighted by Gasteiger charge is -2.21. The first-order valence-corrected chi connectivity index (χ1v) is 8.00. The van der Waals surface area contributed by atoms with Gasteiger partial charge in [0.2, 0.25) is 10.0 Å². The van der Waals surface area contributed by atoms with Crippen molar-refractivity contribution in [2.24, 2.45) is 5.92 Å². The van der Waals surface area contributed by atoms with Gasteiger partial charge in [0.05, 0.1) is 25.0 Å². The molecule has 0 unspecified atom stereocenters. The van der Waals surface area contributed by atoms with E-state index in [0.29, 0.717) is 19.0 Å². The van der Waals surface area contributed by atoms with Crippen molar-refractivity contribution in [2.75, 3.05) is 38.4 Å². The summed E-state index contributed by atoms with van der Waals surface area (Å²) in [6.07, 6.45) is 2.91. The predicted octanol–water partition coefficient (Wildman–Crippen LogP) is -0.333. The van der Waals surface area contributed by atoms with Crippen molar-refractivity contribution in [1.29, 1.82) is 5.26 Å². The Morgan fingerprint density at radius 2 is 2.14 bits per heavy atom. The van der Waals surface area contributed by atoms with Gasteiger partial charge in [0.25, 0.3) is 0 Å². The third-order valence-electron chi connectivity index (χ3n) is 3.31. The van der Waals surface area contributed by atoms with E-state index in [0.717, 1.165) is 0 Å². The van der Waals surface area contributed by atoms with Gasteiger partial charge in [-0.05, 0) is 0 Å². The molecule has 1 aliphatic rings. The van der Waals surface area contributed by atoms with E-state index in [1.54, 1.807) is 0 Å². The standard InChI is InChI=1S/C12H17N5O3S/c1-17(2)21(18,19)8-9-6-20-7-11(9)16-12-10(5-13)14-3-4-15-12/h3-4,9,11H,6-8H2,1-2H3,(H,15,16)/t9-,11-/m0/s1. The third-order valence-corrected chi connectivity index (χ3v) is 5.27. The molecule has 0 bridgehead atoms. The van der Waals surface area contributed by atoms with Crippen molar-refractivity contribution in [1.82, 2.24) is 14.3 Å². The summed E-state index contributed by atoms with van der Waals surface area (Å²) in [6, 6.07) is 1.73. The minimum atomic E-state index is -3.31. The second-order valence-corrected chi connectivity index (χ2v) is 7.20. The van der Waals surface area contributed by atoms with Gasteiger partial charge in [-0.25, -0.2) is 22.7 Å². The van der Waals surface area contributed by atoms with Crippen LogP contribution in [0.25, 0.3) is 0 Å². The number of nitrogens with zero attached hydrogens (tertiary/aromatic N) is 4. The van der Waals surface area contributed by atoms with E-state index in [9.17, 15) is 8.42 Å². The third kappa shape index (κ3) is 3.66. The van der Waals surface area contributed by atoms with E-state index in [1.807, 2.05) is 6.07 Å². The molecule has 2 rings (SSSR count). The molecule has 9 heteroatoms. The molecule has 1 N–H and O–H groups in total. The van der Waals surface area contributed by atoms with E-state index < -0.39 is 10.0 Å². The van der Waals surface area contributed by atoms with Crippen LogP contribution in [0.15, 0.2) is 12.4 Å². The minimum absolute atomic E-state index is 0.0141. The monoisotopic (exact) mass is 311 g/mol. The fraction of sp³-hybridized carbons (Fsp3) is 0.583. The molecule has 0 aromatic carbocycles. The predicted molar refractivity (Wildman–Crippen MR) is 75.9 cm³/mol. The molecule has 2 atom stereocenters. The lowest BCUT2D eigenvalue weighted by molar-refractivity contribution is 0.187. The highest BCUT2D eigenvalue weighted by molar-refractivity contribution is 7.89. The Morgan fingerprint density at radius 1 is 1.43 bits per heavy atom. The van der Waals surface area contributed by atoms with Gasteiger partial charge >= 0.3 is 0 Å². The molecule has 0 spiro atoms. The molecule has 0 amide bonds. The molecule has 0 saturated carbocycles. The highest BCUT2D eigenvalue weighted by Gasteiger charge is 2.33. The Kier molecular flexibility index (Phi) is 4.72. The zero-order valence-corrected chi connectivity index (χ0v) is 12.7. The van der Waals surface area contributed by atoms with Crippen LogP contribution < -0.4 is 5.32 Å². The van der Waals surface area contributed by atoms with E-state index in [2.05, 4.69) is 15.3 Å². The second kappa shape index (κ2) is 6.34. The van der Waals surface area contributed by atoms with Crippen LogP contribution in [0.4, 0.5) is 5.82 Å². The Hall–Kier alpha value is -1.76. The van der Waals surface area contributed by atoms with Crippen LogP contribution in [-0.2, 0) is 14.8 Å². The van der Waals surface area contributed by atoms with Crippen LogP contribution in [-0.4, -0.2) is 61.8 Å². The molecule has 1 saturated heterocycles. The largest absolute Gasteiger partial charge is 0.379 e. The van der Waals surface area contributed by atoms with Crippen molar-refractivity contribution in [3.05, 3.63) is 18.1 Å². The van der Waals surface area contributed by atoms with Gasteiger partial charge in [0.15, 0.2) is 11.5 Å². The topological polar surface area (TPSA) is 108 Å². The fourth-order valence-corrected chi connectivity index (χ4v) is 3.21. The molecule has 114 valence electrons. The minimum Gasteiger partial charge on any atom is -0.379 e. The Balaban J connectivity index is 2.11. The molecule has 1 aromatic rings. The van der Waals surface area contributed by atoms with Crippen molar-refractivity contribution >= 4 is 15.8 Å². The number of nitriles is 1. The van der Waals surface area contributed by atoms with Gasteiger partial charge in [0.1, 0.15) is 6.07 Å². The molecular formula is C12H17N5O3S.